The number of nitrogens with zero attached hydrogens (tertiary/aromatic N) is 4. The zero-order valence-electron chi connectivity index (χ0n) is 17.4. The Balaban J connectivity index is 1.57. The fourth-order valence-corrected chi connectivity index (χ4v) is 4.93. The molecule has 158 valence electrons. The third-order valence-corrected chi connectivity index (χ3v) is 6.62. The number of amides is 1. The summed E-state index contributed by atoms with van der Waals surface area (Å²) >= 11 is 1.62. The zero-order valence-corrected chi connectivity index (χ0v) is 18.2. The molecule has 0 saturated carbocycles. The molecule has 1 aliphatic heterocycles. The number of benzene rings is 1. The van der Waals surface area contributed by atoms with Crippen LogP contribution in [0.15, 0.2) is 48.1 Å². The van der Waals surface area contributed by atoms with Crippen molar-refractivity contribution >= 4 is 22.4 Å². The van der Waals surface area contributed by atoms with Crippen molar-refractivity contribution < 1.29 is 9.53 Å². The third kappa shape index (κ3) is 3.97. The molecule has 1 fully saturated rings. The van der Waals surface area contributed by atoms with Crippen molar-refractivity contribution in [3.8, 4) is 0 Å². The van der Waals surface area contributed by atoms with E-state index in [0.29, 0.717) is 25.5 Å². The van der Waals surface area contributed by atoms with Crippen molar-refractivity contribution in [1.82, 2.24) is 19.4 Å². The molecule has 2 aromatic heterocycles. The van der Waals surface area contributed by atoms with Gasteiger partial charge in [-0.25, -0.2) is 9.97 Å². The average Bonchev–Trinajstić information content (AvgIpc) is 3.43. The van der Waals surface area contributed by atoms with Crippen LogP contribution in [-0.4, -0.2) is 58.7 Å². The van der Waals surface area contributed by atoms with Crippen LogP contribution in [0.5, 0.6) is 0 Å². The van der Waals surface area contributed by atoms with Crippen molar-refractivity contribution in [2.24, 2.45) is 7.05 Å². The van der Waals surface area contributed by atoms with Crippen molar-refractivity contribution in [1.29, 1.82) is 0 Å². The molecule has 0 atom stereocenters. The van der Waals surface area contributed by atoms with E-state index >= 15 is 0 Å². The van der Waals surface area contributed by atoms with Crippen LogP contribution in [0.2, 0.25) is 0 Å². The summed E-state index contributed by atoms with van der Waals surface area (Å²) in [5, 5.41) is 6.39. The van der Waals surface area contributed by atoms with E-state index < -0.39 is 0 Å². The lowest BCUT2D eigenvalue weighted by molar-refractivity contribution is 0.0668. The quantitative estimate of drug-likeness (QED) is 0.589. The average molecular weight is 426 g/mol. The molecule has 1 aliphatic rings. The standard InChI is InChI=1S/C22H27N5O2S/c1-26-14-10-23-19(26)20(28)27-12-8-22(9-13-27,17-6-4-3-5-7-17)18-16-30-21(25-18)24-11-15-29-2/h3-7,10,14,16H,8-9,11-13,15H2,1-2H3,(H,24,25). The summed E-state index contributed by atoms with van der Waals surface area (Å²) in [7, 11) is 3.55. The number of likely N-dealkylation sites (tertiary alicyclic amines) is 1. The highest BCUT2D eigenvalue weighted by molar-refractivity contribution is 7.13. The van der Waals surface area contributed by atoms with Crippen molar-refractivity contribution in [3.63, 3.8) is 0 Å². The van der Waals surface area contributed by atoms with E-state index in [1.54, 1.807) is 35.4 Å². The first-order valence-electron chi connectivity index (χ1n) is 10.1. The van der Waals surface area contributed by atoms with E-state index in [-0.39, 0.29) is 11.3 Å². The number of carbonyl (C=O) groups is 1. The Morgan fingerprint density at radius 1 is 1.27 bits per heavy atom. The number of piperidine rings is 1. The Morgan fingerprint density at radius 2 is 2.03 bits per heavy atom. The molecule has 30 heavy (non-hydrogen) atoms. The van der Waals surface area contributed by atoms with Crippen LogP contribution >= 0.6 is 11.3 Å². The molecule has 0 spiro atoms. The first kappa shape index (κ1) is 20.6. The number of methoxy groups -OCH3 is 1. The molecule has 3 heterocycles. The minimum absolute atomic E-state index is 0.00985. The number of anilines is 1. The van der Waals surface area contributed by atoms with E-state index in [4.69, 9.17) is 9.72 Å². The van der Waals surface area contributed by atoms with E-state index in [1.807, 2.05) is 18.0 Å². The molecule has 4 rings (SSSR count). The smallest absolute Gasteiger partial charge is 0.289 e. The fourth-order valence-electron chi connectivity index (χ4n) is 4.09. The van der Waals surface area contributed by atoms with Gasteiger partial charge in [0, 0.05) is 57.0 Å². The van der Waals surface area contributed by atoms with E-state index in [2.05, 4.69) is 39.9 Å². The van der Waals surface area contributed by atoms with Crippen LogP contribution in [0.3, 0.4) is 0 Å². The van der Waals surface area contributed by atoms with Crippen LogP contribution in [0.25, 0.3) is 0 Å². The number of rotatable bonds is 7. The van der Waals surface area contributed by atoms with Gasteiger partial charge in [-0.2, -0.15) is 0 Å². The largest absolute Gasteiger partial charge is 0.383 e. The molecule has 7 nitrogen and oxygen atoms in total. The minimum Gasteiger partial charge on any atom is -0.383 e. The van der Waals surface area contributed by atoms with Gasteiger partial charge in [0.25, 0.3) is 5.91 Å². The zero-order chi connectivity index (χ0) is 21.0. The number of carbonyl (C=O) groups excluding carboxylic acids is 1. The van der Waals surface area contributed by atoms with Gasteiger partial charge in [-0.3, -0.25) is 4.79 Å². The highest BCUT2D eigenvalue weighted by Crippen LogP contribution is 2.42. The molecule has 3 aromatic rings. The van der Waals surface area contributed by atoms with Gasteiger partial charge in [0.1, 0.15) is 0 Å². The van der Waals surface area contributed by atoms with E-state index in [0.717, 1.165) is 30.2 Å². The van der Waals surface area contributed by atoms with Crippen LogP contribution in [-0.2, 0) is 17.2 Å². The lowest BCUT2D eigenvalue weighted by Crippen LogP contribution is -2.46. The number of aromatic nitrogens is 3. The van der Waals surface area contributed by atoms with E-state index in [1.165, 1.54) is 5.56 Å². The Morgan fingerprint density at radius 3 is 2.70 bits per heavy atom. The van der Waals surface area contributed by atoms with Gasteiger partial charge in [-0.05, 0) is 18.4 Å². The molecular formula is C22H27N5O2S. The number of aryl methyl sites for hydroxylation is 1. The van der Waals surface area contributed by atoms with Gasteiger partial charge >= 0.3 is 0 Å². The fraction of sp³-hybridized carbons (Fsp3) is 0.409. The van der Waals surface area contributed by atoms with Gasteiger partial charge in [0.2, 0.25) is 0 Å². The molecule has 0 unspecified atom stereocenters. The number of ether oxygens (including phenoxy) is 1. The molecule has 1 saturated heterocycles. The SMILES string of the molecule is COCCNc1nc(C2(c3ccccc3)CCN(C(=O)c3nccn3C)CC2)cs1. The second kappa shape index (κ2) is 8.97. The summed E-state index contributed by atoms with van der Waals surface area (Å²) in [6.07, 6.45) is 5.13. The second-order valence-electron chi connectivity index (χ2n) is 7.56. The molecule has 1 amide bonds. The molecule has 1 aromatic carbocycles. The summed E-state index contributed by atoms with van der Waals surface area (Å²) in [5.41, 5.74) is 2.13. The summed E-state index contributed by atoms with van der Waals surface area (Å²) < 4.78 is 6.90. The summed E-state index contributed by atoms with van der Waals surface area (Å²) in [5.74, 6) is 0.477. The molecule has 0 bridgehead atoms. The lowest BCUT2D eigenvalue weighted by Gasteiger charge is -2.41. The topological polar surface area (TPSA) is 72.3 Å². The summed E-state index contributed by atoms with van der Waals surface area (Å²) in [6.45, 7) is 2.71. The number of hydrogen-bond donors (Lipinski definition) is 1. The Kier molecular flexibility index (Phi) is 6.15. The Labute approximate surface area is 180 Å². The van der Waals surface area contributed by atoms with Gasteiger partial charge in [0.05, 0.1) is 12.3 Å². The van der Waals surface area contributed by atoms with Gasteiger partial charge < -0.3 is 19.5 Å². The second-order valence-corrected chi connectivity index (χ2v) is 8.42. The monoisotopic (exact) mass is 425 g/mol. The molecule has 0 radical (unpaired) electrons. The summed E-state index contributed by atoms with van der Waals surface area (Å²) in [6, 6.07) is 10.5. The maximum absolute atomic E-state index is 12.9. The lowest BCUT2D eigenvalue weighted by atomic mass is 9.70. The maximum atomic E-state index is 12.9. The highest BCUT2D eigenvalue weighted by Gasteiger charge is 2.41. The number of imidazole rings is 1. The summed E-state index contributed by atoms with van der Waals surface area (Å²) in [4.78, 5) is 24.0. The van der Waals surface area contributed by atoms with Crippen molar-refractivity contribution in [3.05, 3.63) is 65.2 Å². The van der Waals surface area contributed by atoms with Crippen LogP contribution in [0.4, 0.5) is 5.13 Å². The van der Waals surface area contributed by atoms with Gasteiger partial charge in [0.15, 0.2) is 11.0 Å². The van der Waals surface area contributed by atoms with Crippen LogP contribution < -0.4 is 5.32 Å². The predicted molar refractivity (Wildman–Crippen MR) is 118 cm³/mol. The van der Waals surface area contributed by atoms with Crippen LogP contribution in [0, 0.1) is 0 Å². The number of thiazole rings is 1. The maximum Gasteiger partial charge on any atom is 0.289 e. The third-order valence-electron chi connectivity index (χ3n) is 5.82. The number of hydrogen-bond acceptors (Lipinski definition) is 6. The van der Waals surface area contributed by atoms with Crippen molar-refractivity contribution in [2.45, 2.75) is 18.3 Å². The minimum atomic E-state index is -0.197. The Hall–Kier alpha value is -2.71. The Bertz CT molecular complexity index is 976. The van der Waals surface area contributed by atoms with E-state index in [9.17, 15) is 4.79 Å². The number of nitrogens with one attached hydrogen (secondary N) is 1. The molecule has 1 N–H and O–H groups in total. The first-order chi connectivity index (χ1) is 14.6. The van der Waals surface area contributed by atoms with Gasteiger partial charge in [-0.1, -0.05) is 30.3 Å². The predicted octanol–water partition coefficient (Wildman–Crippen LogP) is 3.16. The van der Waals surface area contributed by atoms with Crippen LogP contribution in [0.1, 0.15) is 34.7 Å². The normalized spacial score (nSPS) is 15.9. The molecule has 0 aliphatic carbocycles. The highest BCUT2D eigenvalue weighted by atomic mass is 32.1. The molecular weight excluding hydrogens is 398 g/mol. The van der Waals surface area contributed by atoms with Crippen molar-refractivity contribution in [2.75, 3.05) is 38.7 Å². The van der Waals surface area contributed by atoms with Gasteiger partial charge in [-0.15, -0.1) is 11.3 Å². The molecule has 8 heteroatoms. The first-order valence-corrected chi connectivity index (χ1v) is 11.0.